The fraction of sp³-hybridized carbons (Fsp3) is 0.200. The van der Waals surface area contributed by atoms with Crippen LogP contribution in [-0.4, -0.2) is 44.1 Å². The molecule has 0 unspecified atom stereocenters. The van der Waals surface area contributed by atoms with Crippen LogP contribution in [0.25, 0.3) is 38.8 Å². The van der Waals surface area contributed by atoms with E-state index in [4.69, 9.17) is 10.5 Å². The second-order valence-corrected chi connectivity index (χ2v) is 7.89. The molecule has 0 radical (unpaired) electrons. The molecule has 0 saturated heterocycles. The van der Waals surface area contributed by atoms with Gasteiger partial charge in [0.25, 0.3) is 5.56 Å². The van der Waals surface area contributed by atoms with E-state index in [1.54, 1.807) is 23.9 Å². The monoisotopic (exact) mass is 492 g/mol. The maximum atomic E-state index is 13.8. The zero-order chi connectivity index (χ0) is 25.2. The fourth-order valence-electron chi connectivity index (χ4n) is 3.99. The van der Waals surface area contributed by atoms with Crippen molar-refractivity contribution in [2.45, 2.75) is 20.1 Å². The third-order valence-corrected chi connectivity index (χ3v) is 5.53. The lowest BCUT2D eigenvalue weighted by Gasteiger charge is -2.14. The number of halogens is 2. The Balaban J connectivity index is 1.70. The summed E-state index contributed by atoms with van der Waals surface area (Å²) in [5.41, 5.74) is 7.92. The Kier molecular flexibility index (Phi) is 6.30. The van der Waals surface area contributed by atoms with Gasteiger partial charge in [-0.05, 0) is 55.0 Å². The number of fused-ring (bicyclic) bond motifs is 2. The van der Waals surface area contributed by atoms with E-state index in [0.29, 0.717) is 47.5 Å². The van der Waals surface area contributed by atoms with Crippen molar-refractivity contribution in [3.05, 3.63) is 71.3 Å². The van der Waals surface area contributed by atoms with Gasteiger partial charge in [0.15, 0.2) is 5.65 Å². The number of alkyl halides is 2. The first kappa shape index (κ1) is 23.4. The van der Waals surface area contributed by atoms with Gasteiger partial charge in [0, 0.05) is 35.3 Å². The van der Waals surface area contributed by atoms with Crippen molar-refractivity contribution in [2.75, 3.05) is 13.2 Å². The summed E-state index contributed by atoms with van der Waals surface area (Å²) in [5, 5.41) is 5.95. The third kappa shape index (κ3) is 4.48. The largest absolute Gasteiger partial charge is 0.464 e. The highest BCUT2D eigenvalue weighted by Crippen LogP contribution is 2.27. The molecule has 0 aliphatic rings. The van der Waals surface area contributed by atoms with Crippen LogP contribution < -0.4 is 20.8 Å². The summed E-state index contributed by atoms with van der Waals surface area (Å²) in [6.07, 6.45) is 3.46. The van der Waals surface area contributed by atoms with Crippen molar-refractivity contribution in [3.63, 3.8) is 0 Å². The molecule has 0 spiro atoms. The number of aromatic nitrogens is 5. The van der Waals surface area contributed by atoms with Crippen LogP contribution >= 0.6 is 0 Å². The highest BCUT2D eigenvalue weighted by molar-refractivity contribution is 5.87. The Morgan fingerprint density at radius 1 is 1.08 bits per heavy atom. The van der Waals surface area contributed by atoms with Crippen LogP contribution in [0.4, 0.5) is 8.78 Å². The van der Waals surface area contributed by atoms with Crippen LogP contribution in [0.3, 0.4) is 0 Å². The number of nitrogens with zero attached hydrogens (tertiary/aromatic N) is 5. The van der Waals surface area contributed by atoms with E-state index in [9.17, 15) is 13.6 Å². The Hall–Kier alpha value is -4.38. The number of pyridine rings is 1. The van der Waals surface area contributed by atoms with Gasteiger partial charge in [0.1, 0.15) is 5.75 Å². The van der Waals surface area contributed by atoms with Gasteiger partial charge in [-0.25, -0.2) is 4.98 Å². The first-order valence-electron chi connectivity index (χ1n) is 11.3. The molecule has 5 rings (SSSR count). The fourth-order valence-corrected chi connectivity index (χ4v) is 3.99. The molecule has 0 aliphatic carbocycles. The summed E-state index contributed by atoms with van der Waals surface area (Å²) < 4.78 is 38.3. The Bertz CT molecular complexity index is 1600. The molecule has 0 saturated carbocycles. The predicted octanol–water partition coefficient (Wildman–Crippen LogP) is 3.76. The molecule has 2 N–H and O–H groups in total. The first-order valence-corrected chi connectivity index (χ1v) is 11.3. The van der Waals surface area contributed by atoms with Crippen molar-refractivity contribution in [1.29, 1.82) is 0 Å². The average Bonchev–Trinajstić information content (AvgIpc) is 3.26. The van der Waals surface area contributed by atoms with Gasteiger partial charge in [-0.3, -0.25) is 14.0 Å². The topological polar surface area (TPSA) is 110 Å². The molecule has 0 amide bonds. The van der Waals surface area contributed by atoms with Gasteiger partial charge in [0.2, 0.25) is 0 Å². The van der Waals surface area contributed by atoms with Gasteiger partial charge in [0.05, 0.1) is 24.4 Å². The molecule has 36 heavy (non-hydrogen) atoms. The molecule has 0 atom stereocenters. The summed E-state index contributed by atoms with van der Waals surface area (Å²) in [7, 11) is 0. The quantitative estimate of drug-likeness (QED) is 0.351. The van der Waals surface area contributed by atoms with E-state index in [2.05, 4.69) is 19.8 Å². The van der Waals surface area contributed by atoms with Gasteiger partial charge >= 0.3 is 12.6 Å². The summed E-state index contributed by atoms with van der Waals surface area (Å²) in [6, 6.07) is 13.2. The summed E-state index contributed by atoms with van der Waals surface area (Å²) >= 11 is 0. The lowest BCUT2D eigenvalue weighted by Crippen LogP contribution is -2.21. The van der Waals surface area contributed by atoms with Crippen molar-refractivity contribution in [2.24, 2.45) is 5.73 Å². The van der Waals surface area contributed by atoms with Gasteiger partial charge in [-0.15, -0.1) is 0 Å². The molecule has 184 valence electrons. The molecular weight excluding hydrogens is 470 g/mol. The van der Waals surface area contributed by atoms with Crippen molar-refractivity contribution in [3.8, 4) is 28.6 Å². The maximum Gasteiger partial charge on any atom is 0.387 e. The predicted molar refractivity (Wildman–Crippen MR) is 131 cm³/mol. The Morgan fingerprint density at radius 3 is 2.61 bits per heavy atom. The Morgan fingerprint density at radius 2 is 1.89 bits per heavy atom. The zero-order valence-corrected chi connectivity index (χ0v) is 19.3. The molecule has 5 aromatic rings. The van der Waals surface area contributed by atoms with Crippen molar-refractivity contribution in [1.82, 2.24) is 24.3 Å². The second-order valence-electron chi connectivity index (χ2n) is 7.89. The molecule has 3 heterocycles. The Labute approximate surface area is 203 Å². The van der Waals surface area contributed by atoms with Crippen LogP contribution in [0.2, 0.25) is 0 Å². The van der Waals surface area contributed by atoms with E-state index >= 15 is 0 Å². The van der Waals surface area contributed by atoms with Crippen LogP contribution in [-0.2, 0) is 6.54 Å². The second kappa shape index (κ2) is 9.70. The maximum absolute atomic E-state index is 13.8. The highest BCUT2D eigenvalue weighted by atomic mass is 19.3. The van der Waals surface area contributed by atoms with Crippen molar-refractivity contribution < 1.29 is 18.3 Å². The smallest absolute Gasteiger partial charge is 0.387 e. The van der Waals surface area contributed by atoms with Crippen LogP contribution in [0.5, 0.6) is 11.8 Å². The van der Waals surface area contributed by atoms with Gasteiger partial charge in [-0.2, -0.15) is 18.9 Å². The zero-order valence-electron chi connectivity index (χ0n) is 19.3. The number of ether oxygens (including phenoxy) is 2. The molecule has 9 nitrogen and oxygen atoms in total. The lowest BCUT2D eigenvalue weighted by atomic mass is 10.0. The minimum atomic E-state index is -2.95. The lowest BCUT2D eigenvalue weighted by molar-refractivity contribution is -0.0498. The average molecular weight is 492 g/mol. The number of benzene rings is 2. The molecule has 0 fully saturated rings. The minimum absolute atomic E-state index is 0.0215. The SMILES string of the molecule is CCOc1ncc2cc(-c3ccc4nn(CCN)cc4c3)c(=O)n(-c3ccc(OC(F)F)cc3)c2n1. The molecule has 0 aliphatic heterocycles. The number of nitrogens with two attached hydrogens (primary N) is 1. The minimum Gasteiger partial charge on any atom is -0.464 e. The van der Waals surface area contributed by atoms with Crippen LogP contribution in [0.15, 0.2) is 65.7 Å². The molecular formula is C25H22F2N6O3. The molecule has 3 aromatic heterocycles. The van der Waals surface area contributed by atoms with Crippen LogP contribution in [0, 0.1) is 0 Å². The van der Waals surface area contributed by atoms with Crippen LogP contribution in [0.1, 0.15) is 6.92 Å². The van der Waals surface area contributed by atoms with E-state index < -0.39 is 6.61 Å². The number of hydrogen-bond acceptors (Lipinski definition) is 7. The van der Waals surface area contributed by atoms with E-state index in [1.165, 1.54) is 28.8 Å². The molecule has 0 bridgehead atoms. The van der Waals surface area contributed by atoms with E-state index in [-0.39, 0.29) is 17.3 Å². The normalized spacial score (nSPS) is 11.5. The standard InChI is InChI=1S/C25H22F2N6O3/c1-2-35-25-29-13-16-12-20(15-3-8-21-17(11-15)14-32(31-21)10-9-28)23(34)33(22(16)30-25)18-4-6-19(7-5-18)36-24(26)27/h3-8,11-14,24H,2,9-10,28H2,1H3. The number of hydrogen-bond donors (Lipinski definition) is 1. The van der Waals surface area contributed by atoms with E-state index in [0.717, 1.165) is 10.9 Å². The third-order valence-electron chi connectivity index (χ3n) is 5.53. The van der Waals surface area contributed by atoms with E-state index in [1.807, 2.05) is 24.4 Å². The molecule has 11 heteroatoms. The highest BCUT2D eigenvalue weighted by Gasteiger charge is 2.17. The summed E-state index contributed by atoms with van der Waals surface area (Å²) in [4.78, 5) is 22.5. The van der Waals surface area contributed by atoms with Crippen molar-refractivity contribution >= 4 is 21.9 Å². The van der Waals surface area contributed by atoms with Gasteiger partial charge in [-0.1, -0.05) is 6.07 Å². The van der Waals surface area contributed by atoms with Gasteiger partial charge < -0.3 is 15.2 Å². The first-order chi connectivity index (χ1) is 17.5. The number of rotatable bonds is 8. The summed E-state index contributed by atoms with van der Waals surface area (Å²) in [5.74, 6) is -0.0215. The molecule has 2 aromatic carbocycles. The summed E-state index contributed by atoms with van der Waals surface area (Å²) in [6.45, 7) is 0.245.